The number of amides is 1. The Morgan fingerprint density at radius 2 is 1.69 bits per heavy atom. The number of rotatable bonds is 7. The van der Waals surface area contributed by atoms with Crippen LogP contribution in [-0.4, -0.2) is 40.6 Å². The summed E-state index contributed by atoms with van der Waals surface area (Å²) in [5, 5.41) is 0. The number of methoxy groups -OCH3 is 2. The predicted molar refractivity (Wildman–Crippen MR) is 95.0 cm³/mol. The second-order valence-corrected chi connectivity index (χ2v) is 8.20. The molecule has 0 aromatic heterocycles. The first-order valence-corrected chi connectivity index (χ1v) is 10.1. The van der Waals surface area contributed by atoms with Gasteiger partial charge in [-0.3, -0.25) is 4.79 Å². The molecule has 1 aliphatic carbocycles. The number of ether oxygens (including phenoxy) is 2. The predicted octanol–water partition coefficient (Wildman–Crippen LogP) is 2.12. The zero-order valence-corrected chi connectivity index (χ0v) is 16.0. The second kappa shape index (κ2) is 8.64. The number of nitrogens with one attached hydrogen (secondary N) is 1. The molecule has 1 aromatic rings. The minimum absolute atomic E-state index is 0.0967. The first-order chi connectivity index (χ1) is 12.3. The lowest BCUT2D eigenvalue weighted by Gasteiger charge is -2.27. The molecule has 0 bridgehead atoms. The quantitative estimate of drug-likeness (QED) is 0.724. The van der Waals surface area contributed by atoms with Gasteiger partial charge in [-0.25, -0.2) is 17.9 Å². The van der Waals surface area contributed by atoms with Crippen LogP contribution in [0.25, 0.3) is 0 Å². The number of esters is 1. The fraction of sp³-hybridized carbons (Fsp3) is 0.556. The summed E-state index contributed by atoms with van der Waals surface area (Å²) in [6, 6.07) is 5.20. The minimum atomic E-state index is -4.03. The van der Waals surface area contributed by atoms with E-state index in [9.17, 15) is 18.0 Å². The molecule has 2 atom stereocenters. The number of carbonyl (C=O) groups excluding carboxylic acids is 2. The monoisotopic (exact) mass is 383 g/mol. The van der Waals surface area contributed by atoms with Crippen molar-refractivity contribution in [2.75, 3.05) is 14.2 Å². The van der Waals surface area contributed by atoms with Crippen LogP contribution >= 0.6 is 0 Å². The van der Waals surface area contributed by atoms with E-state index in [-0.39, 0.29) is 22.5 Å². The van der Waals surface area contributed by atoms with Crippen molar-refractivity contribution in [3.05, 3.63) is 29.8 Å². The van der Waals surface area contributed by atoms with Crippen LogP contribution in [-0.2, 0) is 24.3 Å². The molecule has 0 unspecified atom stereocenters. The Morgan fingerprint density at radius 3 is 2.19 bits per heavy atom. The van der Waals surface area contributed by atoms with Gasteiger partial charge in [-0.15, -0.1) is 0 Å². The summed E-state index contributed by atoms with van der Waals surface area (Å²) in [5.41, 5.74) is 0.229. The van der Waals surface area contributed by atoms with Crippen LogP contribution in [0.5, 0.6) is 0 Å². The van der Waals surface area contributed by atoms with Gasteiger partial charge in [-0.1, -0.05) is 19.8 Å². The first kappa shape index (κ1) is 20.4. The minimum Gasteiger partial charge on any atom is -0.465 e. The van der Waals surface area contributed by atoms with Crippen molar-refractivity contribution in [2.24, 2.45) is 11.8 Å². The number of hydrogen-bond donors (Lipinski definition) is 1. The van der Waals surface area contributed by atoms with Gasteiger partial charge in [-0.05, 0) is 43.0 Å². The fourth-order valence-electron chi connectivity index (χ4n) is 3.41. The number of sulfonamides is 1. The molecule has 0 saturated heterocycles. The number of benzene rings is 1. The molecular weight excluding hydrogens is 358 g/mol. The van der Waals surface area contributed by atoms with E-state index in [1.165, 1.54) is 31.4 Å². The van der Waals surface area contributed by atoms with E-state index in [2.05, 4.69) is 9.46 Å². The topological polar surface area (TPSA) is 98.8 Å². The first-order valence-electron chi connectivity index (χ1n) is 8.58. The molecule has 0 aliphatic heterocycles. The summed E-state index contributed by atoms with van der Waals surface area (Å²) in [7, 11) is -1.24. The lowest BCUT2D eigenvalue weighted by molar-refractivity contribution is -0.128. The van der Waals surface area contributed by atoms with Gasteiger partial charge < -0.3 is 9.47 Å². The molecule has 26 heavy (non-hydrogen) atoms. The highest BCUT2D eigenvalue weighted by Crippen LogP contribution is 2.32. The molecule has 1 aliphatic rings. The van der Waals surface area contributed by atoms with Crippen LogP contribution in [0.1, 0.15) is 43.0 Å². The van der Waals surface area contributed by atoms with Gasteiger partial charge in [0.1, 0.15) is 0 Å². The third-order valence-corrected chi connectivity index (χ3v) is 6.23. The van der Waals surface area contributed by atoms with Crippen molar-refractivity contribution < 1.29 is 27.5 Å². The van der Waals surface area contributed by atoms with Crippen molar-refractivity contribution in [3.8, 4) is 0 Å². The molecule has 2 rings (SSSR count). The molecule has 8 heteroatoms. The molecular formula is C18H25NO6S. The standard InChI is InChI=1S/C18H25NO6S/c1-12(16(24-2)13-6-4-5-7-13)17(20)19-26(22,23)15-10-8-14(9-11-15)18(21)25-3/h8-13,16H,4-7H2,1-3H3,(H,19,20)/t12-,16-/m1/s1. The second-order valence-electron chi connectivity index (χ2n) is 6.52. The summed E-state index contributed by atoms with van der Waals surface area (Å²) in [4.78, 5) is 23.8. The molecule has 1 saturated carbocycles. The molecule has 144 valence electrons. The average Bonchev–Trinajstić information content (AvgIpc) is 3.15. The van der Waals surface area contributed by atoms with E-state index < -0.39 is 27.8 Å². The molecule has 7 nitrogen and oxygen atoms in total. The zero-order valence-electron chi connectivity index (χ0n) is 15.2. The van der Waals surface area contributed by atoms with E-state index in [4.69, 9.17) is 4.74 Å². The highest BCUT2D eigenvalue weighted by molar-refractivity contribution is 7.90. The molecule has 0 radical (unpaired) electrons. The summed E-state index contributed by atoms with van der Waals surface area (Å²) >= 11 is 0. The normalized spacial score (nSPS) is 17.5. The lowest BCUT2D eigenvalue weighted by Crippen LogP contribution is -2.42. The van der Waals surface area contributed by atoms with Crippen LogP contribution in [0, 0.1) is 11.8 Å². The van der Waals surface area contributed by atoms with Gasteiger partial charge in [0.05, 0.1) is 29.6 Å². The van der Waals surface area contributed by atoms with Crippen LogP contribution in [0.3, 0.4) is 0 Å². The summed E-state index contributed by atoms with van der Waals surface area (Å²) < 4.78 is 37.1. The Labute approximate surface area is 154 Å². The third-order valence-electron chi connectivity index (χ3n) is 4.86. The van der Waals surface area contributed by atoms with Gasteiger partial charge in [-0.2, -0.15) is 0 Å². The highest BCUT2D eigenvalue weighted by Gasteiger charge is 2.34. The maximum Gasteiger partial charge on any atom is 0.337 e. The van der Waals surface area contributed by atoms with Crippen molar-refractivity contribution in [3.63, 3.8) is 0 Å². The van der Waals surface area contributed by atoms with Crippen LogP contribution in [0.15, 0.2) is 29.2 Å². The molecule has 1 amide bonds. The SMILES string of the molecule is COC(=O)c1ccc(S(=O)(=O)NC(=O)[C@H](C)[C@@H](OC)C2CCCC2)cc1. The van der Waals surface area contributed by atoms with Crippen molar-refractivity contribution in [1.29, 1.82) is 0 Å². The van der Waals surface area contributed by atoms with Crippen molar-refractivity contribution in [2.45, 2.75) is 43.6 Å². The van der Waals surface area contributed by atoms with Crippen LogP contribution < -0.4 is 4.72 Å². The molecule has 1 N–H and O–H groups in total. The molecule has 0 heterocycles. The largest absolute Gasteiger partial charge is 0.465 e. The van der Waals surface area contributed by atoms with Gasteiger partial charge in [0.25, 0.3) is 10.0 Å². The summed E-state index contributed by atoms with van der Waals surface area (Å²) in [6.07, 6.45) is 3.86. The van der Waals surface area contributed by atoms with Crippen molar-refractivity contribution >= 4 is 21.9 Å². The number of hydrogen-bond acceptors (Lipinski definition) is 6. The van der Waals surface area contributed by atoms with Gasteiger partial charge >= 0.3 is 5.97 Å². The Morgan fingerprint density at radius 1 is 1.12 bits per heavy atom. The number of carbonyl (C=O) groups is 2. The lowest BCUT2D eigenvalue weighted by atomic mass is 9.90. The summed E-state index contributed by atoms with van der Waals surface area (Å²) in [6.45, 7) is 1.68. The zero-order chi connectivity index (χ0) is 19.3. The molecule has 1 fully saturated rings. The van der Waals surface area contributed by atoms with E-state index in [0.717, 1.165) is 25.7 Å². The Balaban J connectivity index is 2.09. The Hall–Kier alpha value is -1.93. The van der Waals surface area contributed by atoms with Gasteiger partial charge in [0, 0.05) is 7.11 Å². The van der Waals surface area contributed by atoms with Crippen LogP contribution in [0.4, 0.5) is 0 Å². The molecule has 0 spiro atoms. The fourth-order valence-corrected chi connectivity index (χ4v) is 4.48. The smallest absolute Gasteiger partial charge is 0.337 e. The third kappa shape index (κ3) is 4.62. The van der Waals surface area contributed by atoms with E-state index in [1.807, 2.05) is 0 Å². The van der Waals surface area contributed by atoms with E-state index >= 15 is 0 Å². The highest BCUT2D eigenvalue weighted by atomic mass is 32.2. The average molecular weight is 383 g/mol. The maximum atomic E-state index is 12.5. The molecule has 1 aromatic carbocycles. The van der Waals surface area contributed by atoms with Gasteiger partial charge in [0.15, 0.2) is 0 Å². The Kier molecular flexibility index (Phi) is 6.77. The maximum absolute atomic E-state index is 12.5. The van der Waals surface area contributed by atoms with Crippen molar-refractivity contribution in [1.82, 2.24) is 4.72 Å². The summed E-state index contributed by atoms with van der Waals surface area (Å²) in [5.74, 6) is -1.48. The Bertz CT molecular complexity index is 737. The van der Waals surface area contributed by atoms with Gasteiger partial charge in [0.2, 0.25) is 5.91 Å². The van der Waals surface area contributed by atoms with E-state index in [0.29, 0.717) is 0 Å². The van der Waals surface area contributed by atoms with Crippen LogP contribution in [0.2, 0.25) is 0 Å². The van der Waals surface area contributed by atoms with E-state index in [1.54, 1.807) is 14.0 Å².